The molecule has 0 saturated carbocycles. The van der Waals surface area contributed by atoms with E-state index in [-0.39, 0.29) is 17.4 Å². The lowest BCUT2D eigenvalue weighted by Gasteiger charge is -2.36. The van der Waals surface area contributed by atoms with Crippen molar-refractivity contribution in [1.29, 1.82) is 0 Å². The Morgan fingerprint density at radius 2 is 1.67 bits per heavy atom. The topological polar surface area (TPSA) is 52.7 Å². The van der Waals surface area contributed by atoms with Gasteiger partial charge >= 0.3 is 0 Å². The third-order valence-corrected chi connectivity index (χ3v) is 5.48. The van der Waals surface area contributed by atoms with Gasteiger partial charge in [0, 0.05) is 24.7 Å². The minimum absolute atomic E-state index is 0.00575. The van der Waals surface area contributed by atoms with E-state index >= 15 is 0 Å². The van der Waals surface area contributed by atoms with Crippen LogP contribution in [0.2, 0.25) is 0 Å². The zero-order chi connectivity index (χ0) is 20.2. The van der Waals surface area contributed by atoms with E-state index in [0.29, 0.717) is 19.0 Å². The van der Waals surface area contributed by atoms with E-state index < -0.39 is 0 Å². The molecule has 2 rings (SSSR count). The number of nitrogens with one attached hydrogen (secondary N) is 1. The lowest BCUT2D eigenvalue weighted by Crippen LogP contribution is -2.49. The van der Waals surface area contributed by atoms with Crippen molar-refractivity contribution in [3.8, 4) is 0 Å². The van der Waals surface area contributed by atoms with Crippen molar-refractivity contribution in [1.82, 2.24) is 15.1 Å². The minimum Gasteiger partial charge on any atom is -0.352 e. The van der Waals surface area contributed by atoms with Gasteiger partial charge in [0.1, 0.15) is 0 Å². The van der Waals surface area contributed by atoms with Crippen LogP contribution in [0.3, 0.4) is 0 Å². The van der Waals surface area contributed by atoms with Crippen LogP contribution in [0.1, 0.15) is 55.1 Å². The van der Waals surface area contributed by atoms with Crippen LogP contribution in [-0.2, 0) is 4.79 Å². The van der Waals surface area contributed by atoms with Crippen LogP contribution in [0, 0.1) is 19.8 Å². The highest BCUT2D eigenvalue weighted by atomic mass is 16.2. The zero-order valence-corrected chi connectivity index (χ0v) is 17.8. The first-order chi connectivity index (χ1) is 12.6. The van der Waals surface area contributed by atoms with Crippen LogP contribution in [0.4, 0.5) is 0 Å². The molecule has 27 heavy (non-hydrogen) atoms. The van der Waals surface area contributed by atoms with Gasteiger partial charge in [-0.3, -0.25) is 14.5 Å². The highest BCUT2D eigenvalue weighted by Gasteiger charge is 2.26. The number of carbonyl (C=O) groups excluding carboxylic acids is 2. The number of hydrogen-bond acceptors (Lipinski definition) is 3. The predicted octanol–water partition coefficient (Wildman–Crippen LogP) is 3.00. The molecule has 0 spiro atoms. The van der Waals surface area contributed by atoms with Gasteiger partial charge in [0.05, 0.1) is 6.54 Å². The van der Waals surface area contributed by atoms with Crippen LogP contribution >= 0.6 is 0 Å². The van der Waals surface area contributed by atoms with Crippen molar-refractivity contribution in [3.63, 3.8) is 0 Å². The lowest BCUT2D eigenvalue weighted by molar-refractivity contribution is -0.135. The predicted molar refractivity (Wildman–Crippen MR) is 110 cm³/mol. The summed E-state index contributed by atoms with van der Waals surface area (Å²) in [5, 5.41) is 3.08. The first-order valence-corrected chi connectivity index (χ1v) is 9.92. The monoisotopic (exact) mass is 373 g/mol. The molecule has 0 aliphatic carbocycles. The third kappa shape index (κ3) is 6.35. The van der Waals surface area contributed by atoms with Gasteiger partial charge in [0.15, 0.2) is 0 Å². The highest BCUT2D eigenvalue weighted by molar-refractivity contribution is 5.94. The number of piperidine rings is 1. The molecule has 1 N–H and O–H groups in total. The Balaban J connectivity index is 1.76. The molecule has 1 aromatic rings. The Labute approximate surface area is 164 Å². The second-order valence-corrected chi connectivity index (χ2v) is 8.93. The summed E-state index contributed by atoms with van der Waals surface area (Å²) in [6.45, 7) is 13.2. The molecule has 0 unspecified atom stereocenters. The van der Waals surface area contributed by atoms with Crippen molar-refractivity contribution in [3.05, 3.63) is 34.9 Å². The van der Waals surface area contributed by atoms with Crippen LogP contribution < -0.4 is 5.32 Å². The molecule has 1 heterocycles. The van der Waals surface area contributed by atoms with E-state index in [9.17, 15) is 9.59 Å². The average Bonchev–Trinajstić information content (AvgIpc) is 2.58. The van der Waals surface area contributed by atoms with E-state index in [1.807, 2.05) is 37.9 Å². The number of rotatable bonds is 5. The standard InChI is InChI=1S/C22H35N3O2/c1-16-11-17(2)13-19(12-16)21(27)23-14-18-7-9-25(10-8-18)15-20(26)24(6)22(3,4)5/h11-13,18H,7-10,14-15H2,1-6H3,(H,23,27). The highest BCUT2D eigenvalue weighted by Crippen LogP contribution is 2.18. The Kier molecular flexibility index (Phi) is 7.04. The number of carbonyl (C=O) groups is 2. The molecular weight excluding hydrogens is 338 g/mol. The van der Waals surface area contributed by atoms with Gasteiger partial charge < -0.3 is 10.2 Å². The maximum atomic E-state index is 12.4. The minimum atomic E-state index is -0.145. The molecule has 1 fully saturated rings. The van der Waals surface area contributed by atoms with E-state index in [1.165, 1.54) is 0 Å². The molecule has 0 radical (unpaired) electrons. The Hall–Kier alpha value is -1.88. The molecule has 1 saturated heterocycles. The van der Waals surface area contributed by atoms with Gasteiger partial charge in [-0.1, -0.05) is 17.2 Å². The van der Waals surface area contributed by atoms with Crippen LogP contribution in [0.5, 0.6) is 0 Å². The number of likely N-dealkylation sites (tertiary alicyclic amines) is 1. The maximum absolute atomic E-state index is 12.4. The molecule has 0 bridgehead atoms. The molecular formula is C22H35N3O2. The van der Waals surface area contributed by atoms with Gasteiger partial charge in [0.25, 0.3) is 5.91 Å². The van der Waals surface area contributed by atoms with Gasteiger partial charge in [0.2, 0.25) is 5.91 Å². The molecule has 1 aromatic carbocycles. The molecule has 150 valence electrons. The summed E-state index contributed by atoms with van der Waals surface area (Å²) in [5.41, 5.74) is 2.81. The smallest absolute Gasteiger partial charge is 0.251 e. The number of likely N-dealkylation sites (N-methyl/N-ethyl adjacent to an activating group) is 1. The first-order valence-electron chi connectivity index (χ1n) is 9.92. The normalized spacial score (nSPS) is 16.2. The first kappa shape index (κ1) is 21.4. The molecule has 1 aliphatic heterocycles. The van der Waals surface area contributed by atoms with Crippen LogP contribution in [0.25, 0.3) is 0 Å². The van der Waals surface area contributed by atoms with Crippen molar-refractivity contribution in [2.45, 2.75) is 53.0 Å². The fraction of sp³-hybridized carbons (Fsp3) is 0.636. The summed E-state index contributed by atoms with van der Waals surface area (Å²) in [6.07, 6.45) is 2.03. The van der Waals surface area contributed by atoms with Gasteiger partial charge in [-0.2, -0.15) is 0 Å². The number of hydrogen-bond donors (Lipinski definition) is 1. The fourth-order valence-electron chi connectivity index (χ4n) is 3.47. The van der Waals surface area contributed by atoms with Crippen molar-refractivity contribution in [2.24, 2.45) is 5.92 Å². The maximum Gasteiger partial charge on any atom is 0.251 e. The fourth-order valence-corrected chi connectivity index (χ4v) is 3.47. The molecule has 2 amide bonds. The van der Waals surface area contributed by atoms with E-state index in [0.717, 1.165) is 42.6 Å². The Bertz CT molecular complexity index is 650. The summed E-state index contributed by atoms with van der Waals surface area (Å²) in [6, 6.07) is 5.94. The second-order valence-electron chi connectivity index (χ2n) is 8.93. The molecule has 5 heteroatoms. The Morgan fingerprint density at radius 1 is 1.11 bits per heavy atom. The van der Waals surface area contributed by atoms with Crippen molar-refractivity contribution in [2.75, 3.05) is 33.2 Å². The molecule has 0 atom stereocenters. The number of amides is 2. The Morgan fingerprint density at radius 3 is 2.19 bits per heavy atom. The molecule has 5 nitrogen and oxygen atoms in total. The third-order valence-electron chi connectivity index (χ3n) is 5.48. The largest absolute Gasteiger partial charge is 0.352 e. The van der Waals surface area contributed by atoms with Crippen molar-refractivity contribution < 1.29 is 9.59 Å². The van der Waals surface area contributed by atoms with Crippen LogP contribution in [-0.4, -0.2) is 60.4 Å². The molecule has 0 aromatic heterocycles. The summed E-state index contributed by atoms with van der Waals surface area (Å²) in [5.74, 6) is 0.654. The van der Waals surface area contributed by atoms with Gasteiger partial charge in [-0.25, -0.2) is 0 Å². The van der Waals surface area contributed by atoms with Gasteiger partial charge in [-0.15, -0.1) is 0 Å². The molecule has 1 aliphatic rings. The summed E-state index contributed by atoms with van der Waals surface area (Å²) in [4.78, 5) is 28.8. The van der Waals surface area contributed by atoms with Crippen molar-refractivity contribution >= 4 is 11.8 Å². The average molecular weight is 374 g/mol. The second kappa shape index (κ2) is 8.87. The van der Waals surface area contributed by atoms with E-state index in [1.54, 1.807) is 0 Å². The van der Waals surface area contributed by atoms with E-state index in [4.69, 9.17) is 0 Å². The van der Waals surface area contributed by atoms with E-state index in [2.05, 4.69) is 37.1 Å². The number of nitrogens with zero attached hydrogens (tertiary/aromatic N) is 2. The lowest BCUT2D eigenvalue weighted by atomic mass is 9.96. The van der Waals surface area contributed by atoms with Crippen LogP contribution in [0.15, 0.2) is 18.2 Å². The quantitative estimate of drug-likeness (QED) is 0.863. The van der Waals surface area contributed by atoms with Gasteiger partial charge in [-0.05, 0) is 78.6 Å². The summed E-state index contributed by atoms with van der Waals surface area (Å²) < 4.78 is 0. The number of aryl methyl sites for hydroxylation is 2. The zero-order valence-electron chi connectivity index (χ0n) is 17.8. The SMILES string of the molecule is Cc1cc(C)cc(C(=O)NCC2CCN(CC(=O)N(C)C(C)(C)C)CC2)c1. The number of benzene rings is 1. The summed E-state index contributed by atoms with van der Waals surface area (Å²) >= 11 is 0. The summed E-state index contributed by atoms with van der Waals surface area (Å²) in [7, 11) is 1.87.